The van der Waals surface area contributed by atoms with E-state index in [-0.39, 0.29) is 34.8 Å². The van der Waals surface area contributed by atoms with Gasteiger partial charge in [-0.05, 0) is 131 Å². The summed E-state index contributed by atoms with van der Waals surface area (Å²) in [6.45, 7) is 0.674. The zero-order chi connectivity index (χ0) is 42.1. The van der Waals surface area contributed by atoms with Crippen molar-refractivity contribution in [3.8, 4) is 0 Å². The lowest BCUT2D eigenvalue weighted by atomic mass is 9.92. The van der Waals surface area contributed by atoms with Crippen LogP contribution >= 0.6 is 55.1 Å². The molecule has 10 rings (SSSR count). The summed E-state index contributed by atoms with van der Waals surface area (Å²) >= 11 is 19.2. The Morgan fingerprint density at radius 3 is 1.32 bits per heavy atom. The third-order valence-electron chi connectivity index (χ3n) is 12.2. The van der Waals surface area contributed by atoms with Crippen molar-refractivity contribution in [3.05, 3.63) is 197 Å². The number of carbonyl (C=O) groups is 4. The number of hydrogen-bond acceptors (Lipinski definition) is 4. The lowest BCUT2D eigenvalue weighted by Gasteiger charge is -2.19. The second-order valence-electron chi connectivity index (χ2n) is 15.7. The Kier molecular flexibility index (Phi) is 10.3. The molecule has 6 aromatic rings. The molecule has 2 heterocycles. The van der Waals surface area contributed by atoms with Gasteiger partial charge in [-0.3, -0.25) is 9.59 Å². The van der Waals surface area contributed by atoms with Crippen LogP contribution in [0.5, 0.6) is 0 Å². The molecule has 4 aliphatic rings. The van der Waals surface area contributed by atoms with E-state index in [1.54, 1.807) is 46.2 Å². The summed E-state index contributed by atoms with van der Waals surface area (Å²) in [5.41, 5.74) is 6.91. The molecule has 4 atom stereocenters. The first-order valence-electron chi connectivity index (χ1n) is 19.2. The number of anilines is 2. The summed E-state index contributed by atoms with van der Waals surface area (Å²) in [7, 11) is 0. The van der Waals surface area contributed by atoms with Crippen molar-refractivity contribution < 1.29 is 29.4 Å². The minimum Gasteiger partial charge on any atom is -0.478 e. The number of benzene rings is 6. The van der Waals surface area contributed by atoms with E-state index in [0.717, 1.165) is 66.5 Å². The monoisotopic (exact) mass is 962 g/mol. The van der Waals surface area contributed by atoms with Gasteiger partial charge in [-0.15, -0.1) is 0 Å². The molecular formula is C48H34Br2Cl2N2O6. The molecule has 0 unspecified atom stereocenters. The average molecular weight is 966 g/mol. The van der Waals surface area contributed by atoms with Gasteiger partial charge in [0.25, 0.3) is 0 Å². The Labute approximate surface area is 372 Å². The normalized spacial score (nSPS) is 21.7. The maximum absolute atomic E-state index is 13.7. The van der Waals surface area contributed by atoms with Crippen molar-refractivity contribution in [1.82, 2.24) is 0 Å². The van der Waals surface area contributed by atoms with Crippen molar-refractivity contribution in [2.45, 2.75) is 48.6 Å². The van der Waals surface area contributed by atoms with Crippen molar-refractivity contribution in [2.75, 3.05) is 9.80 Å². The maximum atomic E-state index is 13.7. The molecule has 8 nitrogen and oxygen atoms in total. The first-order chi connectivity index (χ1) is 28.8. The molecule has 6 aromatic carbocycles. The number of nitrogens with zero attached hydrogens (tertiary/aromatic N) is 2. The van der Waals surface area contributed by atoms with E-state index in [1.165, 1.54) is 0 Å². The quantitative estimate of drug-likeness (QED) is 0.157. The van der Waals surface area contributed by atoms with Crippen LogP contribution in [0.25, 0.3) is 0 Å². The van der Waals surface area contributed by atoms with Crippen LogP contribution in [0.3, 0.4) is 0 Å². The summed E-state index contributed by atoms with van der Waals surface area (Å²) < 4.78 is 1.87. The Balaban J connectivity index is 0.000000154. The van der Waals surface area contributed by atoms with E-state index in [2.05, 4.69) is 31.9 Å². The van der Waals surface area contributed by atoms with Gasteiger partial charge in [0, 0.05) is 42.2 Å². The third-order valence-corrected chi connectivity index (χ3v) is 13.7. The van der Waals surface area contributed by atoms with Crippen molar-refractivity contribution >= 4 is 90.2 Å². The zero-order valence-electron chi connectivity index (χ0n) is 31.6. The van der Waals surface area contributed by atoms with Crippen LogP contribution in [0.2, 0.25) is 10.0 Å². The predicted molar refractivity (Wildman–Crippen MR) is 238 cm³/mol. The minimum absolute atomic E-state index is 0.0660. The van der Waals surface area contributed by atoms with Crippen LogP contribution < -0.4 is 9.80 Å². The Bertz CT molecular complexity index is 2580. The fraction of sp³-hybridized carbons (Fsp3) is 0.167. The predicted octanol–water partition coefficient (Wildman–Crippen LogP) is 11.5. The Morgan fingerprint density at radius 2 is 0.950 bits per heavy atom. The van der Waals surface area contributed by atoms with Gasteiger partial charge in [-0.2, -0.15) is 0 Å². The van der Waals surface area contributed by atoms with E-state index in [0.29, 0.717) is 23.1 Å². The fourth-order valence-corrected chi connectivity index (χ4v) is 10.2. The summed E-state index contributed by atoms with van der Waals surface area (Å²) in [5, 5.41) is 19.9. The lowest BCUT2D eigenvalue weighted by Crippen LogP contribution is -2.32. The number of carboxylic acids is 2. The smallest absolute Gasteiger partial charge is 0.335 e. The molecule has 2 fully saturated rings. The molecule has 0 radical (unpaired) electrons. The van der Waals surface area contributed by atoms with Gasteiger partial charge >= 0.3 is 11.9 Å². The highest BCUT2D eigenvalue weighted by Gasteiger charge is 2.68. The van der Waals surface area contributed by atoms with E-state index in [9.17, 15) is 29.4 Å². The molecular weight excluding hydrogens is 931 g/mol. The number of fused-ring (bicyclic) bond motifs is 4. The van der Waals surface area contributed by atoms with Gasteiger partial charge in [-0.1, -0.05) is 104 Å². The van der Waals surface area contributed by atoms with Crippen molar-refractivity contribution in [3.63, 3.8) is 0 Å². The van der Waals surface area contributed by atoms with Crippen LogP contribution in [-0.2, 0) is 33.5 Å². The summed E-state index contributed by atoms with van der Waals surface area (Å²) in [5.74, 6) is -1.62. The first kappa shape index (κ1) is 40.2. The van der Waals surface area contributed by atoms with Gasteiger partial charge < -0.3 is 20.0 Å². The van der Waals surface area contributed by atoms with Gasteiger partial charge in [0.1, 0.15) is 0 Å². The second kappa shape index (κ2) is 15.3. The SMILES string of the molecule is O=C(O)c1cccc(CN2C(=O)[C@@]3(C[C@H]3c3ccc(Cl)cc3)c3cc(Br)ccc32)c1.O=C(O)c1cccc(CN2C(=O)[C@]3(C[C@@H]3c3ccc(Cl)cc3)c3cc(Br)ccc32)c1. The minimum atomic E-state index is -0.976. The summed E-state index contributed by atoms with van der Waals surface area (Å²) in [4.78, 5) is 53.6. The maximum Gasteiger partial charge on any atom is 0.335 e. The molecule has 60 heavy (non-hydrogen) atoms. The molecule has 0 saturated heterocycles. The van der Waals surface area contributed by atoms with E-state index in [4.69, 9.17) is 23.2 Å². The van der Waals surface area contributed by atoms with Gasteiger partial charge in [0.15, 0.2) is 0 Å². The highest BCUT2D eigenvalue weighted by molar-refractivity contribution is 9.10. The van der Waals surface area contributed by atoms with Crippen LogP contribution in [0.15, 0.2) is 142 Å². The molecule has 2 saturated carbocycles. The van der Waals surface area contributed by atoms with Crippen molar-refractivity contribution in [1.29, 1.82) is 0 Å². The average Bonchev–Trinajstić information content (AvgIpc) is 4.15. The number of amides is 2. The first-order valence-corrected chi connectivity index (χ1v) is 21.5. The second-order valence-corrected chi connectivity index (χ2v) is 18.4. The number of halogens is 4. The number of rotatable bonds is 8. The number of hydrogen-bond donors (Lipinski definition) is 2. The molecule has 2 N–H and O–H groups in total. The van der Waals surface area contributed by atoms with Crippen LogP contribution in [0.1, 0.15) is 78.8 Å². The number of carbonyl (C=O) groups excluding carboxylic acids is 2. The summed E-state index contributed by atoms with van der Waals surface area (Å²) in [6.07, 6.45) is 1.51. The highest BCUT2D eigenvalue weighted by atomic mass is 79.9. The van der Waals surface area contributed by atoms with E-state index < -0.39 is 22.8 Å². The molecule has 2 spiro atoms. The standard InChI is InChI=1S/2C24H17BrClNO3/c2*25-17-6-9-21-19(11-17)24(12-20(24)15-4-7-18(26)8-5-15)23(30)27(21)13-14-2-1-3-16(10-14)22(28)29/h2*1-11,20H,12-13H2,(H,28,29)/t2*20-,24-/m10/s1. The Hall–Kier alpha value is -5.26. The van der Waals surface area contributed by atoms with Crippen LogP contribution in [0.4, 0.5) is 11.4 Å². The largest absolute Gasteiger partial charge is 0.478 e. The topological polar surface area (TPSA) is 115 Å². The summed E-state index contributed by atoms with van der Waals surface area (Å²) in [6, 6.07) is 40.8. The zero-order valence-corrected chi connectivity index (χ0v) is 36.3. The van der Waals surface area contributed by atoms with Gasteiger partial charge in [0.05, 0.1) is 35.0 Å². The Morgan fingerprint density at radius 1 is 0.567 bits per heavy atom. The van der Waals surface area contributed by atoms with Crippen molar-refractivity contribution in [2.24, 2.45) is 0 Å². The van der Waals surface area contributed by atoms with Gasteiger partial charge in [0.2, 0.25) is 11.8 Å². The molecule has 2 amide bonds. The van der Waals surface area contributed by atoms with Gasteiger partial charge in [-0.25, -0.2) is 9.59 Å². The fourth-order valence-electron chi connectivity index (χ4n) is 9.21. The van der Waals surface area contributed by atoms with Crippen LogP contribution in [0, 0.1) is 0 Å². The third kappa shape index (κ3) is 6.93. The lowest BCUT2D eigenvalue weighted by molar-refractivity contribution is -0.121. The molecule has 0 aromatic heterocycles. The molecule has 300 valence electrons. The van der Waals surface area contributed by atoms with E-state index >= 15 is 0 Å². The van der Waals surface area contributed by atoms with Crippen LogP contribution in [-0.4, -0.2) is 34.0 Å². The number of aromatic carboxylic acids is 2. The van der Waals surface area contributed by atoms with E-state index in [1.807, 2.05) is 97.1 Å². The molecule has 2 aliphatic heterocycles. The molecule has 12 heteroatoms. The number of carboxylic acid groups (broad SMARTS) is 2. The molecule has 2 aliphatic carbocycles. The molecule has 0 bridgehead atoms. The highest BCUT2D eigenvalue weighted by Crippen LogP contribution is 2.68.